The number of halogens is 1. The number of rotatable bonds is 3. The Labute approximate surface area is 158 Å². The summed E-state index contributed by atoms with van der Waals surface area (Å²) in [6.07, 6.45) is 1.05. The largest absolute Gasteiger partial charge is 0.419 e. The second-order valence-electron chi connectivity index (χ2n) is 7.24. The van der Waals surface area contributed by atoms with Gasteiger partial charge in [-0.15, -0.1) is 0 Å². The minimum absolute atomic E-state index is 0.112. The second-order valence-corrected chi connectivity index (χ2v) is 8.09. The van der Waals surface area contributed by atoms with Crippen LogP contribution in [0.5, 0.6) is 0 Å². The van der Waals surface area contributed by atoms with Gasteiger partial charge in [-0.25, -0.2) is 9.59 Å². The fourth-order valence-corrected chi connectivity index (χ4v) is 2.80. The highest BCUT2D eigenvalue weighted by Crippen LogP contribution is 2.38. The van der Waals surface area contributed by atoms with Crippen molar-refractivity contribution in [2.24, 2.45) is 0 Å². The molecule has 0 spiro atoms. The summed E-state index contributed by atoms with van der Waals surface area (Å²) >= 11 is 3.30. The summed E-state index contributed by atoms with van der Waals surface area (Å²) < 4.78 is 10.4. The standard InChI is InChI=1S/C17H19BrN2O6/c1-16(2,3)9-6-11(18)13(12(7-9)20(23)24)19-8-10-14(21)25-17(4,5)26-15(10)22/h6-8,19H,1-5H3. The predicted molar refractivity (Wildman–Crippen MR) is 97.5 cm³/mol. The van der Waals surface area contributed by atoms with Crippen molar-refractivity contribution in [2.75, 3.05) is 5.32 Å². The van der Waals surface area contributed by atoms with Crippen LogP contribution in [-0.4, -0.2) is 22.6 Å². The van der Waals surface area contributed by atoms with Gasteiger partial charge < -0.3 is 14.8 Å². The average Bonchev–Trinajstić information content (AvgIpc) is 2.44. The van der Waals surface area contributed by atoms with Crippen LogP contribution in [0, 0.1) is 10.1 Å². The number of carbonyl (C=O) groups excluding carboxylic acids is 2. The van der Waals surface area contributed by atoms with E-state index in [1.807, 2.05) is 20.8 Å². The van der Waals surface area contributed by atoms with Crippen LogP contribution in [0.4, 0.5) is 11.4 Å². The first kappa shape index (κ1) is 19.9. The Morgan fingerprint density at radius 1 is 1.19 bits per heavy atom. The quantitative estimate of drug-likeness (QED) is 0.257. The lowest BCUT2D eigenvalue weighted by atomic mass is 9.86. The molecule has 1 aliphatic heterocycles. The lowest BCUT2D eigenvalue weighted by Crippen LogP contribution is -2.42. The third kappa shape index (κ3) is 4.21. The number of nitro groups is 1. The number of cyclic esters (lactones) is 2. The van der Waals surface area contributed by atoms with Gasteiger partial charge in [-0.05, 0) is 33.0 Å². The van der Waals surface area contributed by atoms with Crippen LogP contribution in [0.1, 0.15) is 40.2 Å². The number of nitrogens with one attached hydrogen (secondary N) is 1. The lowest BCUT2D eigenvalue weighted by Gasteiger charge is -2.29. The van der Waals surface area contributed by atoms with E-state index in [0.717, 1.165) is 11.8 Å². The summed E-state index contributed by atoms with van der Waals surface area (Å²) in [6, 6.07) is 3.20. The van der Waals surface area contributed by atoms with Gasteiger partial charge >= 0.3 is 11.9 Å². The van der Waals surface area contributed by atoms with Crippen LogP contribution in [-0.2, 0) is 24.5 Å². The molecule has 0 bridgehead atoms. The monoisotopic (exact) mass is 426 g/mol. The van der Waals surface area contributed by atoms with Crippen LogP contribution in [0.25, 0.3) is 0 Å². The number of esters is 2. The first-order valence-electron chi connectivity index (χ1n) is 7.73. The number of hydrogen-bond donors (Lipinski definition) is 1. The zero-order valence-corrected chi connectivity index (χ0v) is 16.6. The number of nitro benzene ring substituents is 1. The molecule has 0 atom stereocenters. The molecule has 0 unspecified atom stereocenters. The normalized spacial score (nSPS) is 16.6. The number of anilines is 1. The van der Waals surface area contributed by atoms with Crippen molar-refractivity contribution in [3.05, 3.63) is 44.1 Å². The van der Waals surface area contributed by atoms with Gasteiger partial charge in [0.1, 0.15) is 5.69 Å². The molecule has 0 amide bonds. The highest BCUT2D eigenvalue weighted by molar-refractivity contribution is 9.10. The number of carbonyl (C=O) groups is 2. The van der Waals surface area contributed by atoms with Gasteiger partial charge in [-0.2, -0.15) is 0 Å². The SMILES string of the molecule is CC1(C)OC(=O)C(=CNc2c(Br)cc(C(C)(C)C)cc2[N+](=O)[O-])C(=O)O1. The molecule has 1 fully saturated rings. The van der Waals surface area contributed by atoms with E-state index >= 15 is 0 Å². The molecule has 0 radical (unpaired) electrons. The number of ether oxygens (including phenoxy) is 2. The van der Waals surface area contributed by atoms with Gasteiger partial charge in [0.2, 0.25) is 0 Å². The molecular formula is C17H19BrN2O6. The fourth-order valence-electron chi connectivity index (χ4n) is 2.23. The van der Waals surface area contributed by atoms with Crippen LogP contribution in [0.15, 0.2) is 28.4 Å². The minimum Gasteiger partial charge on any atom is -0.419 e. The van der Waals surface area contributed by atoms with Crippen LogP contribution in [0.2, 0.25) is 0 Å². The molecular weight excluding hydrogens is 408 g/mol. The smallest absolute Gasteiger partial charge is 0.350 e. The van der Waals surface area contributed by atoms with E-state index in [1.165, 1.54) is 19.9 Å². The summed E-state index contributed by atoms with van der Waals surface area (Å²) in [7, 11) is 0. The highest BCUT2D eigenvalue weighted by atomic mass is 79.9. The lowest BCUT2D eigenvalue weighted by molar-refractivity contribution is -0.384. The average molecular weight is 427 g/mol. The molecule has 8 nitrogen and oxygen atoms in total. The zero-order chi connectivity index (χ0) is 19.9. The Hall–Kier alpha value is -2.42. The second kappa shape index (κ2) is 6.71. The molecule has 140 valence electrons. The highest BCUT2D eigenvalue weighted by Gasteiger charge is 2.39. The topological polar surface area (TPSA) is 108 Å². The molecule has 0 aliphatic carbocycles. The van der Waals surface area contributed by atoms with Gasteiger partial charge in [0, 0.05) is 30.6 Å². The third-order valence-electron chi connectivity index (χ3n) is 3.61. The van der Waals surface area contributed by atoms with Crippen molar-refractivity contribution in [2.45, 2.75) is 45.8 Å². The zero-order valence-electron chi connectivity index (χ0n) is 15.0. The van der Waals surface area contributed by atoms with Crippen molar-refractivity contribution >= 4 is 39.2 Å². The fraction of sp³-hybridized carbons (Fsp3) is 0.412. The van der Waals surface area contributed by atoms with Gasteiger partial charge in [0.05, 0.1) is 4.92 Å². The van der Waals surface area contributed by atoms with E-state index in [1.54, 1.807) is 6.07 Å². The van der Waals surface area contributed by atoms with E-state index < -0.39 is 22.6 Å². The molecule has 1 aromatic carbocycles. The van der Waals surface area contributed by atoms with Crippen molar-refractivity contribution in [1.29, 1.82) is 0 Å². The van der Waals surface area contributed by atoms with Gasteiger partial charge in [-0.1, -0.05) is 20.8 Å². The molecule has 0 saturated carbocycles. The summed E-state index contributed by atoms with van der Waals surface area (Å²) in [5.41, 5.74) is -0.00906. The molecule has 2 rings (SSSR count). The Morgan fingerprint density at radius 2 is 1.73 bits per heavy atom. The minimum atomic E-state index is -1.35. The summed E-state index contributed by atoms with van der Waals surface area (Å²) in [5, 5.41) is 14.1. The third-order valence-corrected chi connectivity index (χ3v) is 4.24. The predicted octanol–water partition coefficient (Wildman–Crippen LogP) is 3.79. The van der Waals surface area contributed by atoms with Crippen molar-refractivity contribution in [3.63, 3.8) is 0 Å². The maximum Gasteiger partial charge on any atom is 0.350 e. The maximum absolute atomic E-state index is 12.0. The maximum atomic E-state index is 12.0. The Morgan fingerprint density at radius 3 is 2.19 bits per heavy atom. The Bertz CT molecular complexity index is 801. The molecule has 1 N–H and O–H groups in total. The first-order valence-corrected chi connectivity index (χ1v) is 8.53. The van der Waals surface area contributed by atoms with Crippen molar-refractivity contribution < 1.29 is 24.0 Å². The van der Waals surface area contributed by atoms with Gasteiger partial charge in [-0.3, -0.25) is 10.1 Å². The summed E-state index contributed by atoms with van der Waals surface area (Å²) in [5.74, 6) is -3.10. The molecule has 1 aliphatic rings. The summed E-state index contributed by atoms with van der Waals surface area (Å²) in [4.78, 5) is 34.8. The van der Waals surface area contributed by atoms with Gasteiger partial charge in [0.25, 0.3) is 11.5 Å². The molecule has 1 saturated heterocycles. The van der Waals surface area contributed by atoms with Crippen molar-refractivity contribution in [3.8, 4) is 0 Å². The van der Waals surface area contributed by atoms with Crippen LogP contribution >= 0.6 is 15.9 Å². The summed E-state index contributed by atoms with van der Waals surface area (Å²) in [6.45, 7) is 8.66. The molecule has 0 aromatic heterocycles. The Kier molecular flexibility index (Phi) is 5.14. The van der Waals surface area contributed by atoms with E-state index in [-0.39, 0.29) is 22.4 Å². The first-order chi connectivity index (χ1) is 11.8. The number of nitrogens with zero attached hydrogens (tertiary/aromatic N) is 1. The van der Waals surface area contributed by atoms with Crippen LogP contribution < -0.4 is 5.32 Å². The number of hydrogen-bond acceptors (Lipinski definition) is 7. The van der Waals surface area contributed by atoms with E-state index in [0.29, 0.717) is 4.47 Å². The Balaban J connectivity index is 2.42. The molecule has 9 heteroatoms. The van der Waals surface area contributed by atoms with E-state index in [9.17, 15) is 19.7 Å². The number of benzene rings is 1. The van der Waals surface area contributed by atoms with E-state index in [2.05, 4.69) is 21.2 Å². The van der Waals surface area contributed by atoms with Gasteiger partial charge in [0.15, 0.2) is 5.57 Å². The van der Waals surface area contributed by atoms with Crippen molar-refractivity contribution in [1.82, 2.24) is 0 Å². The van der Waals surface area contributed by atoms with Crippen LogP contribution in [0.3, 0.4) is 0 Å². The van der Waals surface area contributed by atoms with E-state index in [4.69, 9.17) is 9.47 Å². The molecule has 26 heavy (non-hydrogen) atoms. The molecule has 1 heterocycles. The molecule has 1 aromatic rings.